The highest BCUT2D eigenvalue weighted by Crippen LogP contribution is 2.25. The fraction of sp³-hybridized carbons (Fsp3) is 0.667. The smallest absolute Gasteiger partial charge is 0.190 e. The summed E-state index contributed by atoms with van der Waals surface area (Å²) < 4.78 is 0. The molecule has 0 saturated heterocycles. The Bertz CT molecular complexity index is 377. The van der Waals surface area contributed by atoms with Gasteiger partial charge in [-0.25, -0.2) is 9.97 Å². The van der Waals surface area contributed by atoms with Crippen LogP contribution in [0.4, 0.5) is 5.82 Å². The van der Waals surface area contributed by atoms with Crippen LogP contribution >= 0.6 is 23.4 Å². The Balaban J connectivity index is 2.66. The molecule has 3 nitrogen and oxygen atoms in total. The quantitative estimate of drug-likeness (QED) is 0.512. The van der Waals surface area contributed by atoms with Gasteiger partial charge < -0.3 is 5.32 Å². The average Bonchev–Trinajstić information content (AvgIpc) is 2.23. The Morgan fingerprint density at radius 1 is 1.41 bits per heavy atom. The van der Waals surface area contributed by atoms with Crippen molar-refractivity contribution in [3.63, 3.8) is 0 Å². The van der Waals surface area contributed by atoms with Crippen molar-refractivity contribution in [3.05, 3.63) is 11.2 Å². The van der Waals surface area contributed by atoms with E-state index in [1.807, 2.05) is 6.26 Å². The van der Waals surface area contributed by atoms with Crippen LogP contribution in [0.3, 0.4) is 0 Å². The Hall–Kier alpha value is -0.480. The van der Waals surface area contributed by atoms with Gasteiger partial charge in [-0.2, -0.15) is 0 Å². The molecular formula is C12H20ClN3S. The standard InChI is InChI=1S/C12H20ClN3S/c1-8(12(2,3)4)7-14-10-6-9(13)15-11(16-10)17-5/h6,8H,7H2,1-5H3,(H,14,15,16). The molecule has 0 radical (unpaired) electrons. The zero-order valence-corrected chi connectivity index (χ0v) is 12.6. The predicted molar refractivity (Wildman–Crippen MR) is 75.9 cm³/mol. The van der Waals surface area contributed by atoms with Gasteiger partial charge >= 0.3 is 0 Å². The average molecular weight is 274 g/mol. The molecule has 1 unspecified atom stereocenters. The van der Waals surface area contributed by atoms with Crippen molar-refractivity contribution in [2.75, 3.05) is 18.1 Å². The van der Waals surface area contributed by atoms with Crippen molar-refractivity contribution in [3.8, 4) is 0 Å². The van der Waals surface area contributed by atoms with E-state index in [0.29, 0.717) is 16.2 Å². The van der Waals surface area contributed by atoms with Gasteiger partial charge in [-0.05, 0) is 17.6 Å². The summed E-state index contributed by atoms with van der Waals surface area (Å²) >= 11 is 7.42. The summed E-state index contributed by atoms with van der Waals surface area (Å²) in [6, 6.07) is 1.76. The van der Waals surface area contributed by atoms with Crippen molar-refractivity contribution in [2.45, 2.75) is 32.9 Å². The van der Waals surface area contributed by atoms with Gasteiger partial charge in [-0.1, -0.05) is 51.1 Å². The van der Waals surface area contributed by atoms with Crippen LogP contribution in [0.25, 0.3) is 0 Å². The zero-order valence-electron chi connectivity index (χ0n) is 11.0. The van der Waals surface area contributed by atoms with Crippen molar-refractivity contribution >= 4 is 29.2 Å². The topological polar surface area (TPSA) is 37.8 Å². The fourth-order valence-electron chi connectivity index (χ4n) is 1.14. The molecule has 1 aromatic heterocycles. The molecule has 0 saturated carbocycles. The third-order valence-corrected chi connectivity index (χ3v) is 3.67. The van der Waals surface area contributed by atoms with Crippen LogP contribution in [-0.2, 0) is 0 Å². The van der Waals surface area contributed by atoms with Gasteiger partial charge in [0, 0.05) is 12.6 Å². The molecule has 0 aliphatic rings. The number of hydrogen-bond acceptors (Lipinski definition) is 4. The van der Waals surface area contributed by atoms with Crippen molar-refractivity contribution in [1.82, 2.24) is 9.97 Å². The maximum atomic E-state index is 5.93. The highest BCUT2D eigenvalue weighted by molar-refractivity contribution is 7.98. The van der Waals surface area contributed by atoms with Crippen LogP contribution in [0.5, 0.6) is 0 Å². The van der Waals surface area contributed by atoms with Gasteiger partial charge in [0.05, 0.1) is 0 Å². The van der Waals surface area contributed by atoms with E-state index < -0.39 is 0 Å². The molecule has 1 N–H and O–H groups in total. The normalized spacial score (nSPS) is 13.5. The van der Waals surface area contributed by atoms with E-state index in [9.17, 15) is 0 Å². The first-order chi connectivity index (χ1) is 7.82. The van der Waals surface area contributed by atoms with E-state index >= 15 is 0 Å². The minimum absolute atomic E-state index is 0.284. The maximum absolute atomic E-state index is 5.93. The summed E-state index contributed by atoms with van der Waals surface area (Å²) in [6.45, 7) is 9.81. The predicted octanol–water partition coefficient (Wildman–Crippen LogP) is 3.95. The minimum Gasteiger partial charge on any atom is -0.370 e. The van der Waals surface area contributed by atoms with Gasteiger partial charge in [0.1, 0.15) is 11.0 Å². The molecule has 0 amide bonds. The lowest BCUT2D eigenvalue weighted by atomic mass is 9.82. The number of thioether (sulfide) groups is 1. The third-order valence-electron chi connectivity index (χ3n) is 2.92. The van der Waals surface area contributed by atoms with Crippen LogP contribution in [0, 0.1) is 11.3 Å². The number of nitrogens with one attached hydrogen (secondary N) is 1. The molecule has 0 aliphatic heterocycles. The van der Waals surface area contributed by atoms with Gasteiger partial charge in [-0.3, -0.25) is 0 Å². The van der Waals surface area contributed by atoms with Crippen LogP contribution in [0.1, 0.15) is 27.7 Å². The second-order valence-electron chi connectivity index (χ2n) is 5.21. The molecule has 0 aromatic carbocycles. The third kappa shape index (κ3) is 4.72. The molecule has 0 fully saturated rings. The lowest BCUT2D eigenvalue weighted by Crippen LogP contribution is -2.25. The molecule has 96 valence electrons. The molecule has 1 atom stereocenters. The second kappa shape index (κ2) is 5.91. The molecule has 0 bridgehead atoms. The Kier molecular flexibility index (Phi) is 5.07. The summed E-state index contributed by atoms with van der Waals surface area (Å²) in [7, 11) is 0. The van der Waals surface area contributed by atoms with Gasteiger partial charge in [0.15, 0.2) is 5.16 Å². The van der Waals surface area contributed by atoms with Crippen LogP contribution in [-0.4, -0.2) is 22.8 Å². The maximum Gasteiger partial charge on any atom is 0.190 e. The van der Waals surface area contributed by atoms with E-state index in [4.69, 9.17) is 11.6 Å². The van der Waals surface area contributed by atoms with Gasteiger partial charge in [0.25, 0.3) is 0 Å². The number of anilines is 1. The van der Waals surface area contributed by atoms with E-state index in [1.165, 1.54) is 11.8 Å². The molecule has 0 aliphatic carbocycles. The van der Waals surface area contributed by atoms with E-state index in [0.717, 1.165) is 12.4 Å². The second-order valence-corrected chi connectivity index (χ2v) is 6.37. The molecule has 1 rings (SSSR count). The zero-order chi connectivity index (χ0) is 13.1. The number of rotatable bonds is 4. The highest BCUT2D eigenvalue weighted by atomic mass is 35.5. The van der Waals surface area contributed by atoms with E-state index in [-0.39, 0.29) is 5.41 Å². The largest absolute Gasteiger partial charge is 0.370 e. The SMILES string of the molecule is CSc1nc(Cl)cc(NCC(C)C(C)(C)C)n1. The van der Waals surface area contributed by atoms with E-state index in [2.05, 4.69) is 43.0 Å². The first kappa shape index (κ1) is 14.6. The van der Waals surface area contributed by atoms with Gasteiger partial charge in [0.2, 0.25) is 0 Å². The number of nitrogens with zero attached hydrogens (tertiary/aromatic N) is 2. The lowest BCUT2D eigenvalue weighted by molar-refractivity contribution is 0.274. The monoisotopic (exact) mass is 273 g/mol. The Labute approximate surface area is 113 Å². The molecule has 1 aromatic rings. The molecule has 5 heteroatoms. The number of halogens is 1. The first-order valence-corrected chi connectivity index (χ1v) is 7.25. The summed E-state index contributed by atoms with van der Waals surface area (Å²) in [5, 5.41) is 4.50. The van der Waals surface area contributed by atoms with Crippen LogP contribution in [0.2, 0.25) is 5.15 Å². The minimum atomic E-state index is 0.284. The summed E-state index contributed by atoms with van der Waals surface area (Å²) in [6.07, 6.45) is 1.94. The Morgan fingerprint density at radius 2 is 2.06 bits per heavy atom. The fourth-order valence-corrected chi connectivity index (χ4v) is 1.76. The van der Waals surface area contributed by atoms with Crippen LogP contribution < -0.4 is 5.32 Å². The highest BCUT2D eigenvalue weighted by Gasteiger charge is 2.19. The van der Waals surface area contributed by atoms with Crippen molar-refractivity contribution < 1.29 is 0 Å². The summed E-state index contributed by atoms with van der Waals surface area (Å²) in [5.41, 5.74) is 0.284. The summed E-state index contributed by atoms with van der Waals surface area (Å²) in [4.78, 5) is 8.47. The molecule has 1 heterocycles. The van der Waals surface area contributed by atoms with Crippen LogP contribution in [0.15, 0.2) is 11.2 Å². The van der Waals surface area contributed by atoms with Gasteiger partial charge in [-0.15, -0.1) is 0 Å². The Morgan fingerprint density at radius 3 is 2.59 bits per heavy atom. The summed E-state index contributed by atoms with van der Waals surface area (Å²) in [5.74, 6) is 1.35. The number of aromatic nitrogens is 2. The first-order valence-electron chi connectivity index (χ1n) is 5.65. The van der Waals surface area contributed by atoms with Crippen molar-refractivity contribution in [2.24, 2.45) is 11.3 Å². The molecule has 17 heavy (non-hydrogen) atoms. The lowest BCUT2D eigenvalue weighted by Gasteiger charge is -2.27. The number of hydrogen-bond donors (Lipinski definition) is 1. The molecule has 0 spiro atoms. The molecular weight excluding hydrogens is 254 g/mol. The van der Waals surface area contributed by atoms with E-state index in [1.54, 1.807) is 6.07 Å². The van der Waals surface area contributed by atoms with Crippen molar-refractivity contribution in [1.29, 1.82) is 0 Å².